The summed E-state index contributed by atoms with van der Waals surface area (Å²) in [6.07, 6.45) is 0. The van der Waals surface area contributed by atoms with Crippen LogP contribution in [0.25, 0.3) is 5.69 Å². The van der Waals surface area contributed by atoms with Crippen LogP contribution in [0.15, 0.2) is 53.3 Å². The number of ether oxygens (including phenoxy) is 3. The van der Waals surface area contributed by atoms with Gasteiger partial charge in [-0.25, -0.2) is 0 Å². The van der Waals surface area contributed by atoms with Crippen molar-refractivity contribution in [2.24, 2.45) is 0 Å². The van der Waals surface area contributed by atoms with Gasteiger partial charge in [-0.2, -0.15) is 9.78 Å². The van der Waals surface area contributed by atoms with Crippen molar-refractivity contribution < 1.29 is 19.0 Å². The second-order valence-corrected chi connectivity index (χ2v) is 6.12. The topological polar surface area (TPSA) is 91.7 Å². The average molecular weight is 395 g/mol. The van der Waals surface area contributed by atoms with E-state index in [-0.39, 0.29) is 11.4 Å². The van der Waals surface area contributed by atoms with Crippen molar-refractivity contribution >= 4 is 11.6 Å². The number of para-hydroxylation sites is 1. The fraction of sp³-hybridized carbons (Fsp3) is 0.190. The third-order valence-corrected chi connectivity index (χ3v) is 4.32. The lowest BCUT2D eigenvalue weighted by atomic mass is 10.2. The normalized spacial score (nSPS) is 10.3. The molecule has 29 heavy (non-hydrogen) atoms. The van der Waals surface area contributed by atoms with Crippen LogP contribution in [-0.2, 0) is 0 Å². The summed E-state index contributed by atoms with van der Waals surface area (Å²) in [5.74, 6) is 0.554. The molecule has 3 aromatic rings. The van der Waals surface area contributed by atoms with E-state index in [4.69, 9.17) is 14.2 Å². The molecule has 0 aliphatic rings. The zero-order valence-corrected chi connectivity index (χ0v) is 16.6. The van der Waals surface area contributed by atoms with Crippen LogP contribution in [0.5, 0.6) is 17.2 Å². The Balaban J connectivity index is 2.01. The largest absolute Gasteiger partial charge is 0.494 e. The fourth-order valence-electron chi connectivity index (χ4n) is 2.83. The van der Waals surface area contributed by atoms with Gasteiger partial charge < -0.3 is 19.5 Å². The van der Waals surface area contributed by atoms with Crippen LogP contribution in [0.4, 0.5) is 5.69 Å². The lowest BCUT2D eigenvalue weighted by Crippen LogP contribution is -2.26. The molecule has 0 spiro atoms. The lowest BCUT2D eigenvalue weighted by molar-refractivity contribution is 0.101. The van der Waals surface area contributed by atoms with Crippen molar-refractivity contribution in [1.82, 2.24) is 9.78 Å². The van der Waals surface area contributed by atoms with Gasteiger partial charge in [-0.15, -0.1) is 0 Å². The first-order valence-electron chi connectivity index (χ1n) is 8.76. The molecule has 1 N–H and O–H groups in total. The first kappa shape index (κ1) is 19.9. The minimum atomic E-state index is -0.531. The summed E-state index contributed by atoms with van der Waals surface area (Å²) >= 11 is 0. The van der Waals surface area contributed by atoms with Crippen molar-refractivity contribution in [3.05, 3.63) is 70.1 Å². The Labute approximate surface area is 167 Å². The van der Waals surface area contributed by atoms with E-state index in [1.165, 1.54) is 32.1 Å². The van der Waals surface area contributed by atoms with Crippen LogP contribution in [0.3, 0.4) is 0 Å². The van der Waals surface area contributed by atoms with Crippen LogP contribution >= 0.6 is 0 Å². The molecule has 1 heterocycles. The highest BCUT2D eigenvalue weighted by atomic mass is 16.5. The summed E-state index contributed by atoms with van der Waals surface area (Å²) in [7, 11) is 4.41. The maximum atomic E-state index is 12.9. The van der Waals surface area contributed by atoms with E-state index in [2.05, 4.69) is 10.4 Å². The van der Waals surface area contributed by atoms with Crippen molar-refractivity contribution in [1.29, 1.82) is 0 Å². The molecular formula is C21H21N3O5. The van der Waals surface area contributed by atoms with Gasteiger partial charge >= 0.3 is 0 Å². The van der Waals surface area contributed by atoms with Crippen molar-refractivity contribution in [2.45, 2.75) is 6.92 Å². The van der Waals surface area contributed by atoms with Gasteiger partial charge in [0.25, 0.3) is 11.5 Å². The molecule has 0 atom stereocenters. The summed E-state index contributed by atoms with van der Waals surface area (Å²) in [6.45, 7) is 1.86. The number of carbonyl (C=O) groups is 1. The van der Waals surface area contributed by atoms with E-state index in [1.807, 2.05) is 19.1 Å². The minimum Gasteiger partial charge on any atom is -0.494 e. The Hall–Kier alpha value is -3.81. The molecule has 2 aromatic carbocycles. The van der Waals surface area contributed by atoms with Crippen molar-refractivity contribution in [3.63, 3.8) is 0 Å². The molecule has 0 saturated heterocycles. The van der Waals surface area contributed by atoms with Crippen LogP contribution in [0.1, 0.15) is 16.1 Å². The summed E-state index contributed by atoms with van der Waals surface area (Å²) < 4.78 is 16.8. The molecule has 8 nitrogen and oxygen atoms in total. The molecule has 3 rings (SSSR count). The number of benzene rings is 2. The molecule has 0 saturated carbocycles. The summed E-state index contributed by atoms with van der Waals surface area (Å²) in [5.41, 5.74) is 1.48. The molecule has 0 bridgehead atoms. The van der Waals surface area contributed by atoms with Gasteiger partial charge in [-0.3, -0.25) is 9.59 Å². The van der Waals surface area contributed by atoms with Crippen molar-refractivity contribution in [3.8, 4) is 22.9 Å². The Morgan fingerprint density at radius 3 is 2.28 bits per heavy atom. The predicted octanol–water partition coefficient (Wildman–Crippen LogP) is 2.82. The van der Waals surface area contributed by atoms with E-state index in [0.717, 1.165) is 5.56 Å². The first-order valence-corrected chi connectivity index (χ1v) is 8.76. The Morgan fingerprint density at radius 2 is 1.62 bits per heavy atom. The molecule has 0 aliphatic heterocycles. The third kappa shape index (κ3) is 4.06. The second kappa shape index (κ2) is 8.47. The zero-order chi connectivity index (χ0) is 21.0. The summed E-state index contributed by atoms with van der Waals surface area (Å²) in [6, 6.07) is 13.5. The number of methoxy groups -OCH3 is 3. The molecular weight excluding hydrogens is 374 g/mol. The average Bonchev–Trinajstić information content (AvgIpc) is 2.73. The Kier molecular flexibility index (Phi) is 5.82. The molecule has 0 radical (unpaired) electrons. The number of hydrogen-bond acceptors (Lipinski definition) is 6. The molecule has 1 amide bonds. The first-order chi connectivity index (χ1) is 14.0. The smallest absolute Gasteiger partial charge is 0.280 e. The summed E-state index contributed by atoms with van der Waals surface area (Å²) in [4.78, 5) is 25.4. The predicted molar refractivity (Wildman–Crippen MR) is 109 cm³/mol. The number of carbonyl (C=O) groups excluding carboxylic acids is 1. The van der Waals surface area contributed by atoms with Crippen LogP contribution in [0, 0.1) is 6.92 Å². The molecule has 0 fully saturated rings. The Bertz CT molecular complexity index is 1110. The summed E-state index contributed by atoms with van der Waals surface area (Å²) in [5, 5.41) is 7.00. The number of hydrogen-bond donors (Lipinski definition) is 1. The quantitative estimate of drug-likeness (QED) is 0.690. The molecule has 0 unspecified atom stereocenters. The molecule has 150 valence electrons. The third-order valence-electron chi connectivity index (χ3n) is 4.32. The number of aryl methyl sites for hydroxylation is 1. The van der Waals surface area contributed by atoms with E-state index < -0.39 is 11.5 Å². The van der Waals surface area contributed by atoms with Gasteiger partial charge in [0.2, 0.25) is 0 Å². The van der Waals surface area contributed by atoms with E-state index in [9.17, 15) is 9.59 Å². The fourth-order valence-corrected chi connectivity index (χ4v) is 2.83. The second-order valence-electron chi connectivity index (χ2n) is 6.12. The lowest BCUT2D eigenvalue weighted by Gasteiger charge is -2.13. The van der Waals surface area contributed by atoms with Crippen LogP contribution in [-0.4, -0.2) is 37.0 Å². The van der Waals surface area contributed by atoms with Gasteiger partial charge in [-0.1, -0.05) is 18.2 Å². The number of rotatable bonds is 6. The van der Waals surface area contributed by atoms with E-state index in [0.29, 0.717) is 22.9 Å². The highest BCUT2D eigenvalue weighted by Crippen LogP contribution is 2.30. The van der Waals surface area contributed by atoms with E-state index >= 15 is 0 Å². The van der Waals surface area contributed by atoms with Gasteiger partial charge in [0, 0.05) is 11.8 Å². The van der Waals surface area contributed by atoms with Gasteiger partial charge in [-0.05, 0) is 30.7 Å². The van der Waals surface area contributed by atoms with E-state index in [1.54, 1.807) is 30.3 Å². The maximum absolute atomic E-state index is 12.9. The molecule has 8 heteroatoms. The molecule has 1 aromatic heterocycles. The number of amides is 1. The maximum Gasteiger partial charge on any atom is 0.280 e. The van der Waals surface area contributed by atoms with Crippen molar-refractivity contribution in [2.75, 3.05) is 26.6 Å². The Morgan fingerprint density at radius 1 is 0.931 bits per heavy atom. The number of aromatic nitrogens is 2. The van der Waals surface area contributed by atoms with Crippen LogP contribution in [0.2, 0.25) is 0 Å². The SMILES string of the molecule is COc1ccc(NC(=O)c2nn(-c3ccccc3C)c(=O)cc2OC)cc1OC. The van der Waals surface area contributed by atoms with Crippen LogP contribution < -0.4 is 25.1 Å². The number of nitrogens with zero attached hydrogens (tertiary/aromatic N) is 2. The van der Waals surface area contributed by atoms with Gasteiger partial charge in [0.1, 0.15) is 0 Å². The standard InChI is InChI=1S/C21H21N3O5/c1-13-7-5-6-8-15(13)24-19(25)12-18(29-4)20(23-24)21(26)22-14-9-10-16(27-2)17(11-14)28-3/h5-12H,1-4H3,(H,22,26). The number of anilines is 1. The number of nitrogens with one attached hydrogen (secondary N) is 1. The monoisotopic (exact) mass is 395 g/mol. The highest BCUT2D eigenvalue weighted by molar-refractivity contribution is 6.04. The minimum absolute atomic E-state index is 0.0230. The zero-order valence-electron chi connectivity index (χ0n) is 16.6. The highest BCUT2D eigenvalue weighted by Gasteiger charge is 2.19. The molecule has 0 aliphatic carbocycles. The van der Waals surface area contributed by atoms with Gasteiger partial charge in [0.15, 0.2) is 22.9 Å². The van der Waals surface area contributed by atoms with Gasteiger partial charge in [0.05, 0.1) is 33.1 Å².